The highest BCUT2D eigenvalue weighted by Crippen LogP contribution is 2.29. The standard InChI is InChI=1S/C12H19N5OS/c1-2-19-10-5-3-4-8(10)14-12(18)9-6-7-11(15-13)17-16-9/h6-8,10H,2-5,13H2,1H3,(H,14,18)(H,15,17). The zero-order chi connectivity index (χ0) is 13.7. The van der Waals surface area contributed by atoms with E-state index in [9.17, 15) is 4.79 Å². The van der Waals surface area contributed by atoms with Crippen LogP contribution >= 0.6 is 11.8 Å². The van der Waals surface area contributed by atoms with Gasteiger partial charge >= 0.3 is 0 Å². The fraction of sp³-hybridized carbons (Fsp3) is 0.583. The van der Waals surface area contributed by atoms with Crippen LogP contribution in [0, 0.1) is 0 Å². The second-order valence-corrected chi connectivity index (χ2v) is 5.97. The van der Waals surface area contributed by atoms with Crippen molar-refractivity contribution in [2.24, 2.45) is 5.84 Å². The molecule has 1 aromatic heterocycles. The van der Waals surface area contributed by atoms with Crippen molar-refractivity contribution < 1.29 is 4.79 Å². The summed E-state index contributed by atoms with van der Waals surface area (Å²) in [5, 5.41) is 11.2. The molecule has 0 aliphatic heterocycles. The van der Waals surface area contributed by atoms with Gasteiger partial charge in [-0.1, -0.05) is 13.3 Å². The fourth-order valence-corrected chi connectivity index (χ4v) is 3.48. The van der Waals surface area contributed by atoms with Crippen molar-refractivity contribution in [2.75, 3.05) is 11.2 Å². The van der Waals surface area contributed by atoms with Gasteiger partial charge in [-0.3, -0.25) is 4.79 Å². The Morgan fingerprint density at radius 2 is 2.32 bits per heavy atom. The third kappa shape index (κ3) is 3.57. The predicted octanol–water partition coefficient (Wildman–Crippen LogP) is 1.17. The highest BCUT2D eigenvalue weighted by atomic mass is 32.2. The quantitative estimate of drug-likeness (QED) is 0.554. The number of anilines is 1. The van der Waals surface area contributed by atoms with Gasteiger partial charge in [-0.2, -0.15) is 11.8 Å². The number of carbonyl (C=O) groups excluding carboxylic acids is 1. The Morgan fingerprint density at radius 3 is 2.95 bits per heavy atom. The Morgan fingerprint density at radius 1 is 1.47 bits per heavy atom. The number of hydrogen-bond donors (Lipinski definition) is 3. The molecule has 6 nitrogen and oxygen atoms in total. The molecular formula is C12H19N5OS. The zero-order valence-corrected chi connectivity index (χ0v) is 11.7. The van der Waals surface area contributed by atoms with Gasteiger partial charge < -0.3 is 10.7 Å². The number of hydrogen-bond acceptors (Lipinski definition) is 6. The van der Waals surface area contributed by atoms with E-state index in [1.807, 2.05) is 11.8 Å². The Balaban J connectivity index is 1.95. The second-order valence-electron chi connectivity index (χ2n) is 4.45. The van der Waals surface area contributed by atoms with Gasteiger partial charge in [0.05, 0.1) is 0 Å². The SMILES string of the molecule is CCSC1CCCC1NC(=O)c1ccc(NN)nn1. The summed E-state index contributed by atoms with van der Waals surface area (Å²) < 4.78 is 0. The molecule has 0 spiro atoms. The van der Waals surface area contributed by atoms with E-state index in [1.54, 1.807) is 12.1 Å². The van der Waals surface area contributed by atoms with Crippen LogP contribution in [0.1, 0.15) is 36.7 Å². The normalized spacial score (nSPS) is 22.2. The minimum Gasteiger partial charge on any atom is -0.347 e. The van der Waals surface area contributed by atoms with Crippen LogP contribution in [0.3, 0.4) is 0 Å². The number of nitrogens with two attached hydrogens (primary N) is 1. The molecule has 2 rings (SSSR count). The number of hydrazine groups is 1. The zero-order valence-electron chi connectivity index (χ0n) is 10.9. The monoisotopic (exact) mass is 281 g/mol. The average molecular weight is 281 g/mol. The molecule has 104 valence electrons. The van der Waals surface area contributed by atoms with E-state index in [0.717, 1.165) is 12.2 Å². The molecule has 7 heteroatoms. The van der Waals surface area contributed by atoms with Crippen molar-refractivity contribution in [3.05, 3.63) is 17.8 Å². The van der Waals surface area contributed by atoms with Crippen LogP contribution in [0.25, 0.3) is 0 Å². The van der Waals surface area contributed by atoms with E-state index in [1.165, 1.54) is 12.8 Å². The smallest absolute Gasteiger partial charge is 0.272 e. The summed E-state index contributed by atoms with van der Waals surface area (Å²) in [6.07, 6.45) is 3.38. The predicted molar refractivity (Wildman–Crippen MR) is 76.9 cm³/mol. The number of thioether (sulfide) groups is 1. The van der Waals surface area contributed by atoms with Crippen molar-refractivity contribution >= 4 is 23.5 Å². The van der Waals surface area contributed by atoms with Crippen molar-refractivity contribution in [3.8, 4) is 0 Å². The Bertz CT molecular complexity index is 425. The van der Waals surface area contributed by atoms with Gasteiger partial charge in [0, 0.05) is 11.3 Å². The van der Waals surface area contributed by atoms with Crippen LogP contribution in [-0.2, 0) is 0 Å². The first-order valence-electron chi connectivity index (χ1n) is 6.47. The number of nitrogens with one attached hydrogen (secondary N) is 2. The lowest BCUT2D eigenvalue weighted by Crippen LogP contribution is -2.39. The highest BCUT2D eigenvalue weighted by molar-refractivity contribution is 7.99. The maximum absolute atomic E-state index is 12.1. The maximum Gasteiger partial charge on any atom is 0.272 e. The molecule has 0 aromatic carbocycles. The number of carbonyl (C=O) groups is 1. The topological polar surface area (TPSA) is 92.9 Å². The van der Waals surface area contributed by atoms with E-state index in [0.29, 0.717) is 16.8 Å². The van der Waals surface area contributed by atoms with Crippen LogP contribution in [0.2, 0.25) is 0 Å². The molecule has 1 heterocycles. The van der Waals surface area contributed by atoms with E-state index < -0.39 is 0 Å². The summed E-state index contributed by atoms with van der Waals surface area (Å²) in [7, 11) is 0. The van der Waals surface area contributed by atoms with Crippen molar-refractivity contribution in [1.29, 1.82) is 0 Å². The van der Waals surface area contributed by atoms with E-state index >= 15 is 0 Å². The molecule has 2 unspecified atom stereocenters. The third-order valence-electron chi connectivity index (χ3n) is 3.19. The highest BCUT2D eigenvalue weighted by Gasteiger charge is 2.28. The fourth-order valence-electron chi connectivity index (χ4n) is 2.28. The average Bonchev–Trinajstić information content (AvgIpc) is 2.86. The van der Waals surface area contributed by atoms with Crippen LogP contribution in [-0.4, -0.2) is 33.1 Å². The molecule has 2 atom stereocenters. The van der Waals surface area contributed by atoms with Gasteiger partial charge in [0.1, 0.15) is 0 Å². The lowest BCUT2D eigenvalue weighted by atomic mass is 10.2. The van der Waals surface area contributed by atoms with Crippen molar-refractivity contribution in [2.45, 2.75) is 37.5 Å². The maximum atomic E-state index is 12.1. The third-order valence-corrected chi connectivity index (χ3v) is 4.52. The first-order valence-corrected chi connectivity index (χ1v) is 7.52. The first kappa shape index (κ1) is 14.1. The molecule has 1 saturated carbocycles. The van der Waals surface area contributed by atoms with Crippen LogP contribution in [0.4, 0.5) is 5.82 Å². The van der Waals surface area contributed by atoms with Crippen LogP contribution < -0.4 is 16.6 Å². The van der Waals surface area contributed by atoms with E-state index in [-0.39, 0.29) is 11.9 Å². The minimum absolute atomic E-state index is 0.162. The van der Waals surface area contributed by atoms with Gasteiger partial charge in [0.25, 0.3) is 5.91 Å². The molecule has 0 saturated heterocycles. The number of amides is 1. The lowest BCUT2D eigenvalue weighted by molar-refractivity contribution is 0.0932. The van der Waals surface area contributed by atoms with E-state index in [4.69, 9.17) is 5.84 Å². The molecule has 0 bridgehead atoms. The summed E-state index contributed by atoms with van der Waals surface area (Å²) in [4.78, 5) is 12.1. The van der Waals surface area contributed by atoms with Crippen molar-refractivity contribution in [3.63, 3.8) is 0 Å². The minimum atomic E-state index is -0.162. The first-order chi connectivity index (χ1) is 9.24. The largest absolute Gasteiger partial charge is 0.347 e. The molecule has 1 fully saturated rings. The summed E-state index contributed by atoms with van der Waals surface area (Å²) in [5.74, 6) is 6.56. The molecule has 1 aliphatic carbocycles. The summed E-state index contributed by atoms with van der Waals surface area (Å²) in [6, 6.07) is 3.50. The Labute approximate surface area is 116 Å². The molecule has 4 N–H and O–H groups in total. The second kappa shape index (κ2) is 6.72. The number of rotatable bonds is 5. The Hall–Kier alpha value is -1.34. The van der Waals surface area contributed by atoms with Crippen molar-refractivity contribution in [1.82, 2.24) is 15.5 Å². The van der Waals surface area contributed by atoms with Gasteiger partial charge in [0.15, 0.2) is 11.5 Å². The van der Waals surface area contributed by atoms with Gasteiger partial charge in [-0.05, 0) is 30.7 Å². The number of nitrogens with zero attached hydrogens (tertiary/aromatic N) is 2. The van der Waals surface area contributed by atoms with Gasteiger partial charge in [0.2, 0.25) is 0 Å². The summed E-state index contributed by atoms with van der Waals surface area (Å²) in [6.45, 7) is 2.14. The molecule has 1 amide bonds. The Kier molecular flexibility index (Phi) is 4.98. The number of aromatic nitrogens is 2. The molecule has 19 heavy (non-hydrogen) atoms. The molecule has 1 aliphatic rings. The van der Waals surface area contributed by atoms with Gasteiger partial charge in [-0.15, -0.1) is 10.2 Å². The molecule has 0 radical (unpaired) electrons. The van der Waals surface area contributed by atoms with Gasteiger partial charge in [-0.25, -0.2) is 5.84 Å². The lowest BCUT2D eigenvalue weighted by Gasteiger charge is -2.19. The molecule has 1 aromatic rings. The van der Waals surface area contributed by atoms with Crippen LogP contribution in [0.15, 0.2) is 12.1 Å². The summed E-state index contributed by atoms with van der Waals surface area (Å²) >= 11 is 1.91. The summed E-state index contributed by atoms with van der Waals surface area (Å²) in [5.41, 5.74) is 2.71. The van der Waals surface area contributed by atoms with Crippen LogP contribution in [0.5, 0.6) is 0 Å². The van der Waals surface area contributed by atoms with E-state index in [2.05, 4.69) is 27.9 Å². The number of nitrogen functional groups attached to an aromatic ring is 1. The molecular weight excluding hydrogens is 262 g/mol.